The maximum absolute atomic E-state index is 12.8. The maximum atomic E-state index is 12.8. The van der Waals surface area contributed by atoms with Crippen molar-refractivity contribution < 1.29 is 4.79 Å². The first-order chi connectivity index (χ1) is 13.2. The number of thiazole rings is 1. The monoisotopic (exact) mass is 381 g/mol. The molecule has 0 bridgehead atoms. The third kappa shape index (κ3) is 3.94. The molecule has 1 aromatic carbocycles. The maximum Gasteiger partial charge on any atom is 0.241 e. The van der Waals surface area contributed by atoms with Gasteiger partial charge in [-0.1, -0.05) is 12.1 Å². The van der Waals surface area contributed by atoms with Gasteiger partial charge in [0.2, 0.25) is 5.91 Å². The molecule has 0 spiro atoms. The van der Waals surface area contributed by atoms with Crippen molar-refractivity contribution in [1.82, 2.24) is 19.4 Å². The molecule has 1 amide bonds. The van der Waals surface area contributed by atoms with Crippen molar-refractivity contribution >= 4 is 22.9 Å². The van der Waals surface area contributed by atoms with Crippen LogP contribution in [0.1, 0.15) is 25.6 Å². The van der Waals surface area contributed by atoms with E-state index in [2.05, 4.69) is 31.7 Å². The molecule has 3 heterocycles. The fraction of sp³-hybridized carbons (Fsp3) is 0.350. The number of imidazole rings is 1. The van der Waals surface area contributed by atoms with Crippen molar-refractivity contribution in [3.8, 4) is 11.3 Å². The molecule has 1 atom stereocenters. The minimum Gasteiger partial charge on any atom is -0.334 e. The zero-order valence-corrected chi connectivity index (χ0v) is 16.2. The molecule has 0 aliphatic carbocycles. The lowest BCUT2D eigenvalue weighted by atomic mass is 10.1. The molecule has 2 aromatic heterocycles. The lowest BCUT2D eigenvalue weighted by Gasteiger charge is -2.23. The van der Waals surface area contributed by atoms with Gasteiger partial charge in [0.1, 0.15) is 5.82 Å². The van der Waals surface area contributed by atoms with E-state index in [-0.39, 0.29) is 11.9 Å². The minimum atomic E-state index is -0.106. The molecule has 1 aliphatic heterocycles. The molecule has 0 unspecified atom stereocenters. The average molecular weight is 382 g/mol. The van der Waals surface area contributed by atoms with Crippen LogP contribution in [0.4, 0.5) is 5.69 Å². The number of carbonyl (C=O) groups excluding carboxylic acids is 1. The summed E-state index contributed by atoms with van der Waals surface area (Å²) in [5, 5.41) is 5.09. The second kappa shape index (κ2) is 8.02. The van der Waals surface area contributed by atoms with Crippen LogP contribution < -0.4 is 5.32 Å². The molecule has 1 saturated heterocycles. The third-order valence-electron chi connectivity index (χ3n) is 5.03. The molecule has 3 aromatic rings. The molecule has 27 heavy (non-hydrogen) atoms. The summed E-state index contributed by atoms with van der Waals surface area (Å²) in [5.41, 5.74) is 4.67. The van der Waals surface area contributed by atoms with Crippen LogP contribution in [0.15, 0.2) is 47.5 Å². The molecule has 1 fully saturated rings. The molecular weight excluding hydrogens is 358 g/mol. The van der Waals surface area contributed by atoms with Gasteiger partial charge in [-0.25, -0.2) is 9.97 Å². The van der Waals surface area contributed by atoms with E-state index in [1.54, 1.807) is 11.3 Å². The van der Waals surface area contributed by atoms with Crippen molar-refractivity contribution in [2.24, 2.45) is 0 Å². The van der Waals surface area contributed by atoms with Crippen LogP contribution >= 0.6 is 11.3 Å². The average Bonchev–Trinajstić information content (AvgIpc) is 3.44. The van der Waals surface area contributed by atoms with Crippen LogP contribution in [0.2, 0.25) is 0 Å². The molecule has 140 valence electrons. The minimum absolute atomic E-state index is 0.0588. The summed E-state index contributed by atoms with van der Waals surface area (Å²) in [6.45, 7) is 4.64. The van der Waals surface area contributed by atoms with E-state index in [1.165, 1.54) is 0 Å². The fourth-order valence-corrected chi connectivity index (χ4v) is 4.14. The first-order valence-corrected chi connectivity index (χ1v) is 10.2. The molecular formula is C20H23N5OS. The van der Waals surface area contributed by atoms with E-state index in [0.29, 0.717) is 6.54 Å². The summed E-state index contributed by atoms with van der Waals surface area (Å²) in [6, 6.07) is 7.76. The van der Waals surface area contributed by atoms with Crippen molar-refractivity contribution in [1.29, 1.82) is 0 Å². The van der Waals surface area contributed by atoms with Crippen LogP contribution in [0.25, 0.3) is 11.3 Å². The van der Waals surface area contributed by atoms with Crippen LogP contribution in [-0.2, 0) is 17.9 Å². The van der Waals surface area contributed by atoms with Crippen LogP contribution in [-0.4, -0.2) is 37.9 Å². The number of aromatic nitrogens is 3. The van der Waals surface area contributed by atoms with Crippen molar-refractivity contribution in [2.75, 3.05) is 11.9 Å². The van der Waals surface area contributed by atoms with Gasteiger partial charge in [0.25, 0.3) is 0 Å². The topological polar surface area (TPSA) is 63.1 Å². The lowest BCUT2D eigenvalue weighted by molar-refractivity contribution is -0.120. The highest BCUT2D eigenvalue weighted by atomic mass is 32.1. The molecule has 7 heteroatoms. The zero-order valence-electron chi connectivity index (χ0n) is 15.3. The third-order valence-corrected chi connectivity index (χ3v) is 5.62. The number of nitrogens with one attached hydrogen (secondary N) is 1. The van der Waals surface area contributed by atoms with E-state index < -0.39 is 0 Å². The summed E-state index contributed by atoms with van der Waals surface area (Å²) in [5.74, 6) is 1.08. The summed E-state index contributed by atoms with van der Waals surface area (Å²) in [6.07, 6.45) is 5.74. The van der Waals surface area contributed by atoms with Gasteiger partial charge < -0.3 is 9.88 Å². The number of hydrogen-bond acceptors (Lipinski definition) is 5. The Balaban J connectivity index is 1.41. The molecule has 0 radical (unpaired) electrons. The Bertz CT molecular complexity index is 888. The number of anilines is 1. The molecule has 0 saturated carbocycles. The zero-order chi connectivity index (χ0) is 18.6. The van der Waals surface area contributed by atoms with Gasteiger partial charge in [0, 0.05) is 35.6 Å². The van der Waals surface area contributed by atoms with E-state index in [0.717, 1.165) is 48.7 Å². The second-order valence-corrected chi connectivity index (χ2v) is 7.42. The molecule has 1 N–H and O–H groups in total. The van der Waals surface area contributed by atoms with E-state index in [9.17, 15) is 4.79 Å². The predicted octanol–water partition coefficient (Wildman–Crippen LogP) is 3.63. The number of rotatable bonds is 6. The number of aryl methyl sites for hydroxylation is 1. The van der Waals surface area contributed by atoms with E-state index in [4.69, 9.17) is 0 Å². The number of likely N-dealkylation sites (tertiary alicyclic amines) is 1. The molecule has 4 rings (SSSR count). The van der Waals surface area contributed by atoms with Gasteiger partial charge in [0.15, 0.2) is 0 Å². The Morgan fingerprint density at radius 3 is 2.89 bits per heavy atom. The molecule has 1 aliphatic rings. The highest BCUT2D eigenvalue weighted by Crippen LogP contribution is 2.24. The van der Waals surface area contributed by atoms with Crippen LogP contribution in [0, 0.1) is 0 Å². The normalized spacial score (nSPS) is 17.3. The van der Waals surface area contributed by atoms with E-state index in [1.807, 2.05) is 47.5 Å². The Morgan fingerprint density at radius 1 is 1.30 bits per heavy atom. The standard InChI is InChI=1S/C20H23N5OS/c1-2-24-11-9-21-19(24)12-25-10-3-4-18(25)20(26)23-16-7-5-15(6-8-16)17-13-27-14-22-17/h5-9,11,13-14,18H,2-4,10,12H2,1H3,(H,23,26)/t18-/m0/s1. The SMILES string of the molecule is CCn1ccnc1CN1CCC[C@H]1C(=O)Nc1ccc(-c2cscn2)cc1. The Kier molecular flexibility index (Phi) is 5.31. The number of amides is 1. The van der Waals surface area contributed by atoms with Crippen molar-refractivity contribution in [3.05, 3.63) is 53.4 Å². The van der Waals surface area contributed by atoms with Crippen LogP contribution in [0.3, 0.4) is 0 Å². The van der Waals surface area contributed by atoms with Crippen LogP contribution in [0.5, 0.6) is 0 Å². The van der Waals surface area contributed by atoms with E-state index >= 15 is 0 Å². The molecule has 6 nitrogen and oxygen atoms in total. The summed E-state index contributed by atoms with van der Waals surface area (Å²) >= 11 is 1.58. The Morgan fingerprint density at radius 2 is 2.15 bits per heavy atom. The van der Waals surface area contributed by atoms with Gasteiger partial charge in [-0.3, -0.25) is 9.69 Å². The quantitative estimate of drug-likeness (QED) is 0.708. The predicted molar refractivity (Wildman–Crippen MR) is 108 cm³/mol. The highest BCUT2D eigenvalue weighted by molar-refractivity contribution is 7.07. The number of carbonyl (C=O) groups is 1. The van der Waals surface area contributed by atoms with Crippen molar-refractivity contribution in [3.63, 3.8) is 0 Å². The summed E-state index contributed by atoms with van der Waals surface area (Å²) < 4.78 is 2.13. The highest BCUT2D eigenvalue weighted by Gasteiger charge is 2.31. The van der Waals surface area contributed by atoms with Gasteiger partial charge in [-0.05, 0) is 38.4 Å². The number of nitrogens with zero attached hydrogens (tertiary/aromatic N) is 4. The summed E-state index contributed by atoms with van der Waals surface area (Å²) in [7, 11) is 0. The number of benzene rings is 1. The van der Waals surface area contributed by atoms with Gasteiger partial charge >= 0.3 is 0 Å². The Labute approximate surface area is 162 Å². The van der Waals surface area contributed by atoms with Crippen molar-refractivity contribution in [2.45, 2.75) is 38.9 Å². The van der Waals surface area contributed by atoms with Gasteiger partial charge in [-0.15, -0.1) is 11.3 Å². The van der Waals surface area contributed by atoms with Gasteiger partial charge in [-0.2, -0.15) is 0 Å². The first-order valence-electron chi connectivity index (χ1n) is 9.28. The lowest BCUT2D eigenvalue weighted by Crippen LogP contribution is -2.39. The first kappa shape index (κ1) is 17.9. The summed E-state index contributed by atoms with van der Waals surface area (Å²) in [4.78, 5) is 23.8. The van der Waals surface area contributed by atoms with Gasteiger partial charge in [0.05, 0.1) is 23.8 Å². The smallest absolute Gasteiger partial charge is 0.241 e. The number of hydrogen-bond donors (Lipinski definition) is 1. The Hall–Kier alpha value is -2.51. The fourth-order valence-electron chi connectivity index (χ4n) is 3.58. The second-order valence-electron chi connectivity index (χ2n) is 6.70. The largest absolute Gasteiger partial charge is 0.334 e.